The Balaban J connectivity index is 2.00. The first-order chi connectivity index (χ1) is 10.9. The van der Waals surface area contributed by atoms with Crippen LogP contribution in [0.5, 0.6) is 0 Å². The van der Waals surface area contributed by atoms with E-state index in [4.69, 9.17) is 18.0 Å². The first-order valence-electron chi connectivity index (χ1n) is 7.14. The maximum atomic E-state index is 12.2. The number of benzene rings is 2. The molecule has 4 N–H and O–H groups in total. The van der Waals surface area contributed by atoms with Gasteiger partial charge in [0.1, 0.15) is 0 Å². The van der Waals surface area contributed by atoms with Gasteiger partial charge in [0.05, 0.1) is 5.69 Å². The van der Waals surface area contributed by atoms with Crippen molar-refractivity contribution in [3.63, 3.8) is 0 Å². The van der Waals surface area contributed by atoms with Gasteiger partial charge in [0, 0.05) is 15.7 Å². The summed E-state index contributed by atoms with van der Waals surface area (Å²) < 4.78 is 0.774. The summed E-state index contributed by atoms with van der Waals surface area (Å²) >= 11 is 8.57. The molecule has 0 aliphatic heterocycles. The molecule has 0 fully saturated rings. The molecule has 6 heteroatoms. The summed E-state index contributed by atoms with van der Waals surface area (Å²) in [6, 6.07) is 12.8. The standard InChI is InChI=1S/C17H18BrN3OS/c1-10(2)11-3-5-12(6-4-11)16(22)21-17(23)20-15-8-7-13(19)9-14(15)18/h3-10H,19H2,1-2H3,(H2,20,21,22,23). The first-order valence-corrected chi connectivity index (χ1v) is 8.34. The molecule has 0 spiro atoms. The maximum Gasteiger partial charge on any atom is 0.257 e. The van der Waals surface area contributed by atoms with E-state index in [1.165, 1.54) is 5.56 Å². The third-order valence-electron chi connectivity index (χ3n) is 3.31. The number of nitrogens with two attached hydrogens (primary N) is 1. The van der Waals surface area contributed by atoms with Crippen molar-refractivity contribution < 1.29 is 4.79 Å². The van der Waals surface area contributed by atoms with E-state index in [-0.39, 0.29) is 11.0 Å². The molecular weight excluding hydrogens is 374 g/mol. The molecule has 4 nitrogen and oxygen atoms in total. The number of carbonyl (C=O) groups excluding carboxylic acids is 1. The Morgan fingerprint density at radius 2 is 1.83 bits per heavy atom. The number of hydrogen-bond donors (Lipinski definition) is 3. The quantitative estimate of drug-likeness (QED) is 0.539. The monoisotopic (exact) mass is 391 g/mol. The predicted molar refractivity (Wildman–Crippen MR) is 103 cm³/mol. The molecule has 2 aromatic rings. The largest absolute Gasteiger partial charge is 0.399 e. The van der Waals surface area contributed by atoms with Crippen LogP contribution in [0, 0.1) is 0 Å². The van der Waals surface area contributed by atoms with Crippen molar-refractivity contribution in [2.75, 3.05) is 11.1 Å². The number of thiocarbonyl (C=S) groups is 1. The zero-order chi connectivity index (χ0) is 17.0. The summed E-state index contributed by atoms with van der Waals surface area (Å²) in [4.78, 5) is 12.2. The van der Waals surface area contributed by atoms with E-state index in [2.05, 4.69) is 40.4 Å². The number of carbonyl (C=O) groups is 1. The van der Waals surface area contributed by atoms with Gasteiger partial charge in [0.2, 0.25) is 0 Å². The van der Waals surface area contributed by atoms with Gasteiger partial charge in [0.15, 0.2) is 5.11 Å². The molecule has 0 heterocycles. The van der Waals surface area contributed by atoms with Crippen LogP contribution in [0.15, 0.2) is 46.9 Å². The third-order valence-corrected chi connectivity index (χ3v) is 4.17. The minimum absolute atomic E-state index is 0.230. The summed E-state index contributed by atoms with van der Waals surface area (Å²) in [6.07, 6.45) is 0. The summed E-state index contributed by atoms with van der Waals surface area (Å²) in [7, 11) is 0. The number of amides is 1. The normalized spacial score (nSPS) is 10.4. The number of anilines is 2. The molecule has 2 aromatic carbocycles. The Morgan fingerprint density at radius 3 is 2.39 bits per heavy atom. The van der Waals surface area contributed by atoms with Gasteiger partial charge in [-0.1, -0.05) is 26.0 Å². The Hall–Kier alpha value is -1.92. The van der Waals surface area contributed by atoms with Crippen LogP contribution >= 0.6 is 28.1 Å². The van der Waals surface area contributed by atoms with Gasteiger partial charge in [0.25, 0.3) is 5.91 Å². The first kappa shape index (κ1) is 17.4. The van der Waals surface area contributed by atoms with Crippen LogP contribution < -0.4 is 16.4 Å². The lowest BCUT2D eigenvalue weighted by atomic mass is 10.0. The highest BCUT2D eigenvalue weighted by atomic mass is 79.9. The number of rotatable bonds is 3. The smallest absolute Gasteiger partial charge is 0.257 e. The van der Waals surface area contributed by atoms with Gasteiger partial charge in [-0.3, -0.25) is 10.1 Å². The van der Waals surface area contributed by atoms with Crippen LogP contribution in [0.1, 0.15) is 35.7 Å². The molecule has 0 bridgehead atoms. The molecule has 0 aliphatic carbocycles. The van der Waals surface area contributed by atoms with Crippen molar-refractivity contribution in [2.45, 2.75) is 19.8 Å². The third kappa shape index (κ3) is 4.77. The van der Waals surface area contributed by atoms with Gasteiger partial charge >= 0.3 is 0 Å². The van der Waals surface area contributed by atoms with Crippen molar-refractivity contribution in [1.82, 2.24) is 5.32 Å². The second-order valence-electron chi connectivity index (χ2n) is 5.42. The Labute approximate surface area is 149 Å². The fourth-order valence-electron chi connectivity index (χ4n) is 1.98. The predicted octanol–water partition coefficient (Wildman–Crippen LogP) is 4.28. The highest BCUT2D eigenvalue weighted by molar-refractivity contribution is 9.10. The summed E-state index contributed by atoms with van der Waals surface area (Å²) in [6.45, 7) is 4.22. The second kappa shape index (κ2) is 7.57. The van der Waals surface area contributed by atoms with Crippen LogP contribution in [-0.2, 0) is 0 Å². The molecule has 0 aromatic heterocycles. The fraction of sp³-hybridized carbons (Fsp3) is 0.176. The van der Waals surface area contributed by atoms with E-state index >= 15 is 0 Å². The van der Waals surface area contributed by atoms with E-state index < -0.39 is 0 Å². The summed E-state index contributed by atoms with van der Waals surface area (Å²) in [5.41, 5.74) is 8.82. The van der Waals surface area contributed by atoms with Crippen LogP contribution in [0.25, 0.3) is 0 Å². The molecule has 2 rings (SSSR count). The van der Waals surface area contributed by atoms with E-state index in [1.807, 2.05) is 12.1 Å². The van der Waals surface area contributed by atoms with E-state index in [1.54, 1.807) is 30.3 Å². The topological polar surface area (TPSA) is 67.2 Å². The number of halogens is 1. The van der Waals surface area contributed by atoms with Crippen molar-refractivity contribution in [1.29, 1.82) is 0 Å². The van der Waals surface area contributed by atoms with Gasteiger partial charge in [-0.25, -0.2) is 0 Å². The highest BCUT2D eigenvalue weighted by Gasteiger charge is 2.10. The average Bonchev–Trinajstić information content (AvgIpc) is 2.50. The molecule has 23 heavy (non-hydrogen) atoms. The molecule has 0 unspecified atom stereocenters. The van der Waals surface area contributed by atoms with Crippen molar-refractivity contribution in [2.24, 2.45) is 0 Å². The van der Waals surface area contributed by atoms with E-state index in [0.717, 1.165) is 10.2 Å². The lowest BCUT2D eigenvalue weighted by Gasteiger charge is -2.12. The van der Waals surface area contributed by atoms with Gasteiger partial charge < -0.3 is 11.1 Å². The summed E-state index contributed by atoms with van der Waals surface area (Å²) in [5.74, 6) is 0.182. The molecule has 1 amide bonds. The van der Waals surface area contributed by atoms with Crippen LogP contribution in [0.2, 0.25) is 0 Å². The molecule has 0 saturated carbocycles. The zero-order valence-electron chi connectivity index (χ0n) is 12.9. The minimum atomic E-state index is -0.246. The molecule has 0 saturated heterocycles. The molecule has 0 radical (unpaired) electrons. The summed E-state index contributed by atoms with van der Waals surface area (Å²) in [5, 5.41) is 5.86. The van der Waals surface area contributed by atoms with Crippen molar-refractivity contribution in [3.05, 3.63) is 58.1 Å². The Kier molecular flexibility index (Phi) is 5.74. The van der Waals surface area contributed by atoms with Gasteiger partial charge in [-0.05, 0) is 70.0 Å². The Morgan fingerprint density at radius 1 is 1.17 bits per heavy atom. The fourth-order valence-corrected chi connectivity index (χ4v) is 2.68. The molecule has 0 atom stereocenters. The van der Waals surface area contributed by atoms with Gasteiger partial charge in [-0.15, -0.1) is 0 Å². The van der Waals surface area contributed by atoms with E-state index in [9.17, 15) is 4.79 Å². The highest BCUT2D eigenvalue weighted by Crippen LogP contribution is 2.24. The van der Waals surface area contributed by atoms with E-state index in [0.29, 0.717) is 17.2 Å². The minimum Gasteiger partial charge on any atom is -0.399 e. The van der Waals surface area contributed by atoms with Crippen LogP contribution in [0.3, 0.4) is 0 Å². The second-order valence-corrected chi connectivity index (χ2v) is 6.69. The number of nitrogen functional groups attached to an aromatic ring is 1. The SMILES string of the molecule is CC(C)c1ccc(C(=O)NC(=S)Nc2ccc(N)cc2Br)cc1. The molecule has 0 aliphatic rings. The number of hydrogen-bond acceptors (Lipinski definition) is 3. The van der Waals surface area contributed by atoms with Crippen molar-refractivity contribution >= 4 is 50.5 Å². The average molecular weight is 392 g/mol. The molecular formula is C17H18BrN3OS. The lowest BCUT2D eigenvalue weighted by Crippen LogP contribution is -2.34. The van der Waals surface area contributed by atoms with Crippen LogP contribution in [-0.4, -0.2) is 11.0 Å². The Bertz CT molecular complexity index is 729. The number of nitrogens with one attached hydrogen (secondary N) is 2. The maximum absolute atomic E-state index is 12.2. The molecule has 120 valence electrons. The lowest BCUT2D eigenvalue weighted by molar-refractivity contribution is 0.0977. The van der Waals surface area contributed by atoms with Crippen LogP contribution in [0.4, 0.5) is 11.4 Å². The van der Waals surface area contributed by atoms with Crippen molar-refractivity contribution in [3.8, 4) is 0 Å². The van der Waals surface area contributed by atoms with Gasteiger partial charge in [-0.2, -0.15) is 0 Å². The zero-order valence-corrected chi connectivity index (χ0v) is 15.3.